The van der Waals surface area contributed by atoms with E-state index in [1.807, 2.05) is 44.4 Å². The monoisotopic (exact) mass is 491 g/mol. The maximum atomic E-state index is 12.8. The zero-order valence-corrected chi connectivity index (χ0v) is 20.7. The Morgan fingerprint density at radius 3 is 2.54 bits per heavy atom. The van der Waals surface area contributed by atoms with Gasteiger partial charge in [0.15, 0.2) is 6.61 Å². The van der Waals surface area contributed by atoms with Gasteiger partial charge < -0.3 is 19.2 Å². The van der Waals surface area contributed by atoms with Crippen molar-refractivity contribution in [2.24, 2.45) is 0 Å². The van der Waals surface area contributed by atoms with Gasteiger partial charge in [0.25, 0.3) is 5.91 Å². The van der Waals surface area contributed by atoms with Gasteiger partial charge in [-0.25, -0.2) is 9.59 Å². The summed E-state index contributed by atoms with van der Waals surface area (Å²) in [6, 6.07) is 12.5. The van der Waals surface area contributed by atoms with E-state index >= 15 is 0 Å². The molecule has 0 aliphatic carbocycles. The molecule has 0 saturated carbocycles. The van der Waals surface area contributed by atoms with E-state index in [9.17, 15) is 14.4 Å². The minimum Gasteiger partial charge on any atom is -0.484 e. The molecule has 0 aliphatic rings. The van der Waals surface area contributed by atoms with Crippen molar-refractivity contribution >= 4 is 39.2 Å². The predicted octanol–water partition coefficient (Wildman–Crippen LogP) is 5.64. The van der Waals surface area contributed by atoms with Gasteiger partial charge in [0.05, 0.1) is 6.61 Å². The van der Waals surface area contributed by atoms with Crippen LogP contribution in [-0.2, 0) is 9.53 Å². The number of carbonyl (C=O) groups is 2. The third-order valence-corrected chi connectivity index (χ3v) is 6.38. The number of rotatable bonds is 7. The lowest BCUT2D eigenvalue weighted by molar-refractivity contribution is -0.118. The molecule has 0 saturated heterocycles. The zero-order chi connectivity index (χ0) is 25.1. The lowest BCUT2D eigenvalue weighted by atomic mass is 9.97. The van der Waals surface area contributed by atoms with Gasteiger partial charge in [-0.2, -0.15) is 0 Å². The Morgan fingerprint density at radius 2 is 1.80 bits per heavy atom. The molecule has 35 heavy (non-hydrogen) atoms. The first kappa shape index (κ1) is 24.2. The molecule has 0 atom stereocenters. The van der Waals surface area contributed by atoms with Crippen molar-refractivity contribution in [1.82, 2.24) is 0 Å². The van der Waals surface area contributed by atoms with E-state index in [2.05, 4.69) is 5.32 Å². The fourth-order valence-electron chi connectivity index (χ4n) is 3.88. The number of nitrogens with one attached hydrogen (secondary N) is 1. The van der Waals surface area contributed by atoms with Crippen LogP contribution in [0.4, 0.5) is 5.00 Å². The Bertz CT molecular complexity index is 1480. The SMILES string of the molecule is CCOC(=O)c1c(-c2ccc(C)cc2C)csc1NC(=O)COc1ccc2c(C)cc(=O)oc2c1. The van der Waals surface area contributed by atoms with Crippen molar-refractivity contribution in [2.75, 3.05) is 18.5 Å². The Morgan fingerprint density at radius 1 is 1.00 bits per heavy atom. The van der Waals surface area contributed by atoms with Crippen LogP contribution < -0.4 is 15.7 Å². The van der Waals surface area contributed by atoms with Gasteiger partial charge in [0.2, 0.25) is 0 Å². The third-order valence-electron chi connectivity index (χ3n) is 5.49. The fourth-order valence-corrected chi connectivity index (χ4v) is 4.84. The van der Waals surface area contributed by atoms with Crippen molar-refractivity contribution in [3.63, 3.8) is 0 Å². The highest BCUT2D eigenvalue weighted by molar-refractivity contribution is 7.15. The molecule has 0 unspecified atom stereocenters. The van der Waals surface area contributed by atoms with Gasteiger partial charge in [0.1, 0.15) is 21.9 Å². The number of hydrogen-bond acceptors (Lipinski definition) is 7. The number of anilines is 1. The highest BCUT2D eigenvalue weighted by Gasteiger charge is 2.23. The highest BCUT2D eigenvalue weighted by atomic mass is 32.1. The van der Waals surface area contributed by atoms with E-state index in [0.717, 1.165) is 27.6 Å². The molecule has 2 aromatic heterocycles. The second-order valence-corrected chi connectivity index (χ2v) is 9.02. The standard InChI is InChI=1S/C27H25NO6S/c1-5-32-27(31)25-21(19-8-6-15(2)10-16(19)3)14-35-26(25)28-23(29)13-33-18-7-9-20-17(4)11-24(30)34-22(20)12-18/h6-12,14H,5,13H2,1-4H3,(H,28,29). The van der Waals surface area contributed by atoms with Gasteiger partial charge in [0, 0.05) is 28.5 Å². The first-order valence-corrected chi connectivity index (χ1v) is 12.0. The number of esters is 1. The normalized spacial score (nSPS) is 10.9. The summed E-state index contributed by atoms with van der Waals surface area (Å²) in [5.74, 6) is -0.551. The summed E-state index contributed by atoms with van der Waals surface area (Å²) in [5, 5.41) is 5.80. The highest BCUT2D eigenvalue weighted by Crippen LogP contribution is 2.38. The number of ether oxygens (including phenoxy) is 2. The van der Waals surface area contributed by atoms with Crippen molar-refractivity contribution in [1.29, 1.82) is 0 Å². The van der Waals surface area contributed by atoms with Gasteiger partial charge >= 0.3 is 11.6 Å². The number of hydrogen-bond donors (Lipinski definition) is 1. The van der Waals surface area contributed by atoms with Crippen molar-refractivity contribution in [2.45, 2.75) is 27.7 Å². The minimum atomic E-state index is -0.500. The smallest absolute Gasteiger partial charge is 0.341 e. The first-order chi connectivity index (χ1) is 16.8. The van der Waals surface area contributed by atoms with Crippen LogP contribution in [0.1, 0.15) is 34.0 Å². The topological polar surface area (TPSA) is 94.8 Å². The molecular weight excluding hydrogens is 466 g/mol. The Balaban J connectivity index is 1.55. The third kappa shape index (κ3) is 5.27. The van der Waals surface area contributed by atoms with Crippen LogP contribution in [0.3, 0.4) is 0 Å². The molecule has 0 bridgehead atoms. The predicted molar refractivity (Wildman–Crippen MR) is 137 cm³/mol. The summed E-state index contributed by atoms with van der Waals surface area (Å²) >= 11 is 1.26. The van der Waals surface area contributed by atoms with Gasteiger partial charge in [-0.05, 0) is 56.5 Å². The van der Waals surface area contributed by atoms with Crippen molar-refractivity contribution in [3.05, 3.63) is 80.5 Å². The number of benzene rings is 2. The van der Waals surface area contributed by atoms with E-state index in [1.165, 1.54) is 17.4 Å². The second kappa shape index (κ2) is 10.1. The van der Waals surface area contributed by atoms with Gasteiger partial charge in [-0.1, -0.05) is 23.8 Å². The molecule has 2 heterocycles. The molecule has 0 fully saturated rings. The summed E-state index contributed by atoms with van der Waals surface area (Å²) in [4.78, 5) is 37.2. The van der Waals surface area contributed by atoms with E-state index in [1.54, 1.807) is 25.1 Å². The molecule has 4 rings (SSSR count). The zero-order valence-electron chi connectivity index (χ0n) is 19.9. The number of thiophene rings is 1. The molecule has 0 radical (unpaired) electrons. The summed E-state index contributed by atoms with van der Waals surface area (Å²) in [6.45, 7) is 7.47. The largest absolute Gasteiger partial charge is 0.484 e. The van der Waals surface area contributed by atoms with Crippen LogP contribution >= 0.6 is 11.3 Å². The Hall–Kier alpha value is -3.91. The molecule has 8 heteroatoms. The minimum absolute atomic E-state index is 0.217. The molecule has 0 spiro atoms. The second-order valence-electron chi connectivity index (χ2n) is 8.14. The summed E-state index contributed by atoms with van der Waals surface area (Å²) in [5.41, 5.74) is 4.80. The average molecular weight is 492 g/mol. The number of carbonyl (C=O) groups excluding carboxylic acids is 2. The van der Waals surface area contributed by atoms with Crippen LogP contribution in [0, 0.1) is 20.8 Å². The lowest BCUT2D eigenvalue weighted by Gasteiger charge is -2.11. The van der Waals surface area contributed by atoms with Crippen molar-refractivity contribution in [3.8, 4) is 16.9 Å². The molecular formula is C27H25NO6S. The van der Waals surface area contributed by atoms with Crippen LogP contribution in [0.15, 0.2) is 57.1 Å². The number of aryl methyl sites for hydroxylation is 3. The number of fused-ring (bicyclic) bond motifs is 1. The van der Waals surface area contributed by atoms with Gasteiger partial charge in [-0.3, -0.25) is 4.79 Å². The molecule has 180 valence electrons. The van der Waals surface area contributed by atoms with E-state index in [0.29, 0.717) is 27.5 Å². The molecule has 2 aromatic carbocycles. The average Bonchev–Trinajstić information content (AvgIpc) is 3.20. The van der Waals surface area contributed by atoms with Crippen LogP contribution in [0.5, 0.6) is 5.75 Å². The van der Waals surface area contributed by atoms with Gasteiger partial charge in [-0.15, -0.1) is 11.3 Å². The maximum Gasteiger partial charge on any atom is 0.341 e. The maximum absolute atomic E-state index is 12.8. The van der Waals surface area contributed by atoms with E-state index in [4.69, 9.17) is 13.9 Å². The number of amides is 1. The Kier molecular flexibility index (Phi) is 7.02. The molecule has 0 aliphatic heterocycles. The van der Waals surface area contributed by atoms with Crippen LogP contribution in [0.2, 0.25) is 0 Å². The van der Waals surface area contributed by atoms with Crippen LogP contribution in [-0.4, -0.2) is 25.1 Å². The van der Waals surface area contributed by atoms with Crippen LogP contribution in [0.25, 0.3) is 22.1 Å². The quantitative estimate of drug-likeness (QED) is 0.266. The summed E-state index contributed by atoms with van der Waals surface area (Å²) in [6.07, 6.45) is 0. The lowest BCUT2D eigenvalue weighted by Crippen LogP contribution is -2.21. The van der Waals surface area contributed by atoms with E-state index < -0.39 is 17.5 Å². The Labute approximate surface area is 206 Å². The fraction of sp³-hybridized carbons (Fsp3) is 0.222. The summed E-state index contributed by atoms with van der Waals surface area (Å²) < 4.78 is 16.1. The van der Waals surface area contributed by atoms with E-state index in [-0.39, 0.29) is 13.2 Å². The molecule has 1 N–H and O–H groups in total. The van der Waals surface area contributed by atoms with Crippen molar-refractivity contribution < 1.29 is 23.5 Å². The molecule has 1 amide bonds. The summed E-state index contributed by atoms with van der Waals surface area (Å²) in [7, 11) is 0. The molecule has 7 nitrogen and oxygen atoms in total. The first-order valence-electron chi connectivity index (χ1n) is 11.1. The molecule has 4 aromatic rings.